The fourth-order valence-corrected chi connectivity index (χ4v) is 3.11. The highest BCUT2D eigenvalue weighted by atomic mass is 16.2. The van der Waals surface area contributed by atoms with Crippen molar-refractivity contribution in [1.82, 2.24) is 10.2 Å². The fourth-order valence-electron chi connectivity index (χ4n) is 3.11. The van der Waals surface area contributed by atoms with Crippen molar-refractivity contribution in [3.63, 3.8) is 0 Å². The van der Waals surface area contributed by atoms with Crippen LogP contribution in [0.5, 0.6) is 0 Å². The maximum atomic E-state index is 12.3. The van der Waals surface area contributed by atoms with Crippen LogP contribution in [0.25, 0.3) is 0 Å². The summed E-state index contributed by atoms with van der Waals surface area (Å²) in [5.74, 6) is 0.110. The van der Waals surface area contributed by atoms with E-state index >= 15 is 0 Å². The molecule has 1 aliphatic heterocycles. The highest BCUT2D eigenvalue weighted by Crippen LogP contribution is 2.14. The molecule has 1 fully saturated rings. The van der Waals surface area contributed by atoms with Gasteiger partial charge in [0.15, 0.2) is 0 Å². The van der Waals surface area contributed by atoms with Crippen LogP contribution in [0.2, 0.25) is 0 Å². The Kier molecular flexibility index (Phi) is 5.49. The summed E-state index contributed by atoms with van der Waals surface area (Å²) in [6.07, 6.45) is 2.58. The normalized spacial score (nSPS) is 13.7. The molecule has 4 nitrogen and oxygen atoms in total. The van der Waals surface area contributed by atoms with Gasteiger partial charge < -0.3 is 10.2 Å². The topological polar surface area (TPSA) is 49.4 Å². The summed E-state index contributed by atoms with van der Waals surface area (Å²) >= 11 is 0. The zero-order chi connectivity index (χ0) is 17.6. The Morgan fingerprint density at radius 3 is 2.36 bits per heavy atom. The molecule has 1 saturated heterocycles. The van der Waals surface area contributed by atoms with E-state index in [1.165, 1.54) is 0 Å². The van der Waals surface area contributed by atoms with E-state index in [-0.39, 0.29) is 11.8 Å². The highest BCUT2D eigenvalue weighted by Gasteiger charge is 2.19. The van der Waals surface area contributed by atoms with Gasteiger partial charge in [0.1, 0.15) is 0 Å². The zero-order valence-electron chi connectivity index (χ0n) is 14.6. The van der Waals surface area contributed by atoms with E-state index in [9.17, 15) is 9.59 Å². The summed E-state index contributed by atoms with van der Waals surface area (Å²) in [4.78, 5) is 26.3. The number of aryl methyl sites for hydroxylation is 1. The number of carbonyl (C=O) groups is 2. The molecule has 2 aromatic carbocycles. The number of hydrogen-bond donors (Lipinski definition) is 1. The van der Waals surface area contributed by atoms with Gasteiger partial charge in [-0.1, -0.05) is 36.4 Å². The minimum Gasteiger partial charge on any atom is -0.352 e. The van der Waals surface area contributed by atoms with Gasteiger partial charge in [0, 0.05) is 25.2 Å². The molecular formula is C21H24N2O2. The Morgan fingerprint density at radius 2 is 1.68 bits per heavy atom. The van der Waals surface area contributed by atoms with Gasteiger partial charge in [-0.3, -0.25) is 9.59 Å². The molecule has 0 spiro atoms. The molecule has 0 aromatic heterocycles. The van der Waals surface area contributed by atoms with Gasteiger partial charge in [-0.2, -0.15) is 0 Å². The molecule has 0 aliphatic carbocycles. The lowest BCUT2D eigenvalue weighted by Gasteiger charge is -2.15. The summed E-state index contributed by atoms with van der Waals surface area (Å²) in [6.45, 7) is 4.20. The predicted molar refractivity (Wildman–Crippen MR) is 98.3 cm³/mol. The largest absolute Gasteiger partial charge is 0.352 e. The van der Waals surface area contributed by atoms with Crippen LogP contribution in [0.15, 0.2) is 48.5 Å². The van der Waals surface area contributed by atoms with Crippen LogP contribution in [0.3, 0.4) is 0 Å². The van der Waals surface area contributed by atoms with Crippen molar-refractivity contribution in [2.24, 2.45) is 0 Å². The molecule has 1 aliphatic rings. The Hall–Kier alpha value is -2.62. The van der Waals surface area contributed by atoms with Crippen LogP contribution in [-0.4, -0.2) is 29.8 Å². The van der Waals surface area contributed by atoms with Gasteiger partial charge in [0.05, 0.1) is 6.42 Å². The molecule has 130 valence electrons. The molecule has 1 heterocycles. The lowest BCUT2D eigenvalue weighted by atomic mass is 10.1. The van der Waals surface area contributed by atoms with Crippen LogP contribution in [0.4, 0.5) is 0 Å². The summed E-state index contributed by atoms with van der Waals surface area (Å²) < 4.78 is 0. The van der Waals surface area contributed by atoms with E-state index in [1.807, 2.05) is 60.4 Å². The molecule has 25 heavy (non-hydrogen) atoms. The second-order valence-electron chi connectivity index (χ2n) is 6.58. The first kappa shape index (κ1) is 17.2. The first-order valence-corrected chi connectivity index (χ1v) is 8.83. The van der Waals surface area contributed by atoms with Crippen molar-refractivity contribution in [3.05, 3.63) is 70.8 Å². The number of benzene rings is 2. The van der Waals surface area contributed by atoms with Crippen LogP contribution in [0.1, 0.15) is 39.9 Å². The third kappa shape index (κ3) is 4.47. The van der Waals surface area contributed by atoms with E-state index in [2.05, 4.69) is 5.32 Å². The van der Waals surface area contributed by atoms with Gasteiger partial charge in [-0.25, -0.2) is 0 Å². The molecule has 2 aromatic rings. The Balaban J connectivity index is 1.52. The number of hydrogen-bond acceptors (Lipinski definition) is 2. The molecule has 3 rings (SSSR count). The number of nitrogens with one attached hydrogen (secondary N) is 1. The molecule has 4 heteroatoms. The maximum absolute atomic E-state index is 12.3. The van der Waals surface area contributed by atoms with Crippen LogP contribution in [-0.2, 0) is 17.8 Å². The second-order valence-corrected chi connectivity index (χ2v) is 6.58. The van der Waals surface area contributed by atoms with Crippen LogP contribution in [0, 0.1) is 6.92 Å². The van der Waals surface area contributed by atoms with Crippen LogP contribution < -0.4 is 5.32 Å². The first-order valence-electron chi connectivity index (χ1n) is 8.83. The van der Waals surface area contributed by atoms with E-state index in [4.69, 9.17) is 0 Å². The second kappa shape index (κ2) is 7.97. The minimum atomic E-state index is 0.00604. The summed E-state index contributed by atoms with van der Waals surface area (Å²) in [5, 5.41) is 2.94. The lowest BCUT2D eigenvalue weighted by molar-refractivity contribution is -0.120. The van der Waals surface area contributed by atoms with Crippen molar-refractivity contribution < 1.29 is 9.59 Å². The first-order chi connectivity index (χ1) is 12.1. The van der Waals surface area contributed by atoms with Crippen LogP contribution >= 0.6 is 0 Å². The Labute approximate surface area is 148 Å². The summed E-state index contributed by atoms with van der Waals surface area (Å²) in [5.41, 5.74) is 3.89. The number of carbonyl (C=O) groups excluding carboxylic acids is 2. The average Bonchev–Trinajstić information content (AvgIpc) is 3.16. The van der Waals surface area contributed by atoms with Crippen molar-refractivity contribution in [1.29, 1.82) is 0 Å². The molecule has 2 amide bonds. The highest BCUT2D eigenvalue weighted by molar-refractivity contribution is 5.94. The number of likely N-dealkylation sites (tertiary alicyclic amines) is 1. The number of rotatable bonds is 5. The van der Waals surface area contributed by atoms with Gasteiger partial charge in [0.2, 0.25) is 5.91 Å². The SMILES string of the molecule is Cc1ccccc1CC(=O)NCc1ccc(C(=O)N2CCCC2)cc1. The van der Waals surface area contributed by atoms with Crippen molar-refractivity contribution in [2.45, 2.75) is 32.7 Å². The smallest absolute Gasteiger partial charge is 0.253 e. The van der Waals surface area contributed by atoms with Gasteiger partial charge in [-0.15, -0.1) is 0 Å². The van der Waals surface area contributed by atoms with E-state index in [0.29, 0.717) is 13.0 Å². The standard InChI is InChI=1S/C21H24N2O2/c1-16-6-2-3-7-19(16)14-20(24)22-15-17-8-10-18(11-9-17)21(25)23-12-4-5-13-23/h2-3,6-11H,4-5,12-15H2,1H3,(H,22,24). The fraction of sp³-hybridized carbons (Fsp3) is 0.333. The van der Waals surface area contributed by atoms with Crippen molar-refractivity contribution >= 4 is 11.8 Å². The van der Waals surface area contributed by atoms with Gasteiger partial charge >= 0.3 is 0 Å². The number of nitrogens with zero attached hydrogens (tertiary/aromatic N) is 1. The zero-order valence-corrected chi connectivity index (χ0v) is 14.6. The Bertz CT molecular complexity index is 747. The summed E-state index contributed by atoms with van der Waals surface area (Å²) in [6, 6.07) is 15.4. The van der Waals surface area contributed by atoms with Gasteiger partial charge in [-0.05, 0) is 48.6 Å². The van der Waals surface area contributed by atoms with Gasteiger partial charge in [0.25, 0.3) is 5.91 Å². The molecule has 0 atom stereocenters. The quantitative estimate of drug-likeness (QED) is 0.912. The Morgan fingerprint density at radius 1 is 1.00 bits per heavy atom. The van der Waals surface area contributed by atoms with Crippen molar-refractivity contribution in [2.75, 3.05) is 13.1 Å². The summed E-state index contributed by atoms with van der Waals surface area (Å²) in [7, 11) is 0. The molecule has 0 saturated carbocycles. The molecular weight excluding hydrogens is 312 g/mol. The van der Waals surface area contributed by atoms with E-state index in [1.54, 1.807) is 0 Å². The van der Waals surface area contributed by atoms with Crippen molar-refractivity contribution in [3.8, 4) is 0 Å². The minimum absolute atomic E-state index is 0.00604. The molecule has 1 N–H and O–H groups in total. The maximum Gasteiger partial charge on any atom is 0.253 e. The monoisotopic (exact) mass is 336 g/mol. The molecule has 0 bridgehead atoms. The number of amides is 2. The lowest BCUT2D eigenvalue weighted by Crippen LogP contribution is -2.27. The predicted octanol–water partition coefficient (Wildman–Crippen LogP) is 3.09. The van der Waals surface area contributed by atoms with E-state index in [0.717, 1.165) is 48.2 Å². The molecule has 0 radical (unpaired) electrons. The third-order valence-electron chi connectivity index (χ3n) is 4.70. The molecule has 0 unspecified atom stereocenters. The van der Waals surface area contributed by atoms with E-state index < -0.39 is 0 Å². The third-order valence-corrected chi connectivity index (χ3v) is 4.70. The average molecular weight is 336 g/mol.